The monoisotopic (exact) mass is 364 g/mol. The van der Waals surface area contributed by atoms with Gasteiger partial charge in [0.15, 0.2) is 0 Å². The highest BCUT2D eigenvalue weighted by molar-refractivity contribution is 5.94. The van der Waals surface area contributed by atoms with Crippen molar-refractivity contribution in [3.05, 3.63) is 59.7 Å². The average molecular weight is 364 g/mol. The Labute approximate surface area is 161 Å². The van der Waals surface area contributed by atoms with Crippen LogP contribution in [0.1, 0.15) is 66.7 Å². The van der Waals surface area contributed by atoms with E-state index in [4.69, 9.17) is 0 Å². The number of aromatic nitrogens is 2. The predicted molar refractivity (Wildman–Crippen MR) is 105 cm³/mol. The van der Waals surface area contributed by atoms with E-state index in [-0.39, 0.29) is 11.4 Å². The molecule has 2 aliphatic rings. The number of rotatable bonds is 5. The van der Waals surface area contributed by atoms with Crippen molar-refractivity contribution in [3.8, 4) is 0 Å². The topological polar surface area (TPSA) is 58.1 Å². The third-order valence-electron chi connectivity index (χ3n) is 5.96. The van der Waals surface area contributed by atoms with Crippen LogP contribution in [-0.2, 0) is 6.54 Å². The van der Waals surface area contributed by atoms with Crippen LogP contribution in [-0.4, -0.2) is 39.4 Å². The number of nitrogens with one attached hydrogen (secondary N) is 1. The second-order valence-corrected chi connectivity index (χ2v) is 8.24. The van der Waals surface area contributed by atoms with Crippen LogP contribution in [0.3, 0.4) is 0 Å². The predicted octanol–water partition coefficient (Wildman–Crippen LogP) is 3.53. The molecule has 1 amide bonds. The molecule has 0 aromatic carbocycles. The first-order chi connectivity index (χ1) is 13.1. The van der Waals surface area contributed by atoms with Gasteiger partial charge in [-0.15, -0.1) is 0 Å². The normalized spacial score (nSPS) is 22.0. The molecule has 4 rings (SSSR count). The molecule has 1 N–H and O–H groups in total. The fourth-order valence-corrected chi connectivity index (χ4v) is 4.12. The molecule has 0 bridgehead atoms. The molecular weight excluding hydrogens is 336 g/mol. The van der Waals surface area contributed by atoms with Crippen LogP contribution in [0.4, 0.5) is 0 Å². The first-order valence-electron chi connectivity index (χ1n) is 10.0. The summed E-state index contributed by atoms with van der Waals surface area (Å²) in [5.74, 6) is 0.417. The highest BCUT2D eigenvalue weighted by atomic mass is 16.1. The van der Waals surface area contributed by atoms with E-state index in [1.165, 1.54) is 12.8 Å². The quantitative estimate of drug-likeness (QED) is 0.882. The van der Waals surface area contributed by atoms with Gasteiger partial charge in [-0.05, 0) is 69.8 Å². The Morgan fingerprint density at radius 1 is 1.22 bits per heavy atom. The van der Waals surface area contributed by atoms with Gasteiger partial charge >= 0.3 is 0 Å². The van der Waals surface area contributed by atoms with E-state index in [1.54, 1.807) is 6.20 Å². The van der Waals surface area contributed by atoms with Crippen LogP contribution >= 0.6 is 0 Å². The SMILES string of the molecule is CC1(NC(=O)c2ccc([C@@H]3CCCN(Cc4ccccn4)C3)nc2)CCC1. The van der Waals surface area contributed by atoms with Crippen molar-refractivity contribution in [2.45, 2.75) is 57.0 Å². The summed E-state index contributed by atoms with van der Waals surface area (Å²) < 4.78 is 0. The van der Waals surface area contributed by atoms with Crippen molar-refractivity contribution in [1.29, 1.82) is 0 Å². The lowest BCUT2D eigenvalue weighted by atomic mass is 9.78. The molecule has 1 aliphatic carbocycles. The van der Waals surface area contributed by atoms with E-state index >= 15 is 0 Å². The van der Waals surface area contributed by atoms with Crippen LogP contribution < -0.4 is 5.32 Å². The third-order valence-corrected chi connectivity index (χ3v) is 5.96. The lowest BCUT2D eigenvalue weighted by molar-refractivity contribution is 0.0850. The number of carbonyl (C=O) groups is 1. The number of carbonyl (C=O) groups excluding carboxylic acids is 1. The minimum absolute atomic E-state index is 0.00308. The van der Waals surface area contributed by atoms with Crippen LogP contribution in [0.5, 0.6) is 0 Å². The van der Waals surface area contributed by atoms with Gasteiger partial charge in [0.05, 0.1) is 11.3 Å². The zero-order valence-electron chi connectivity index (χ0n) is 16.0. The first-order valence-corrected chi connectivity index (χ1v) is 10.0. The molecule has 142 valence electrons. The van der Waals surface area contributed by atoms with Crippen molar-refractivity contribution in [2.75, 3.05) is 13.1 Å². The maximum absolute atomic E-state index is 12.4. The summed E-state index contributed by atoms with van der Waals surface area (Å²) in [6.07, 6.45) is 9.24. The highest BCUT2D eigenvalue weighted by Gasteiger charge is 2.33. The van der Waals surface area contributed by atoms with E-state index in [0.717, 1.165) is 50.3 Å². The minimum Gasteiger partial charge on any atom is -0.347 e. The maximum Gasteiger partial charge on any atom is 0.253 e. The van der Waals surface area contributed by atoms with Gasteiger partial charge in [-0.3, -0.25) is 19.7 Å². The number of piperidine rings is 1. The van der Waals surface area contributed by atoms with Gasteiger partial charge in [-0.25, -0.2) is 0 Å². The summed E-state index contributed by atoms with van der Waals surface area (Å²) in [5.41, 5.74) is 2.84. The van der Waals surface area contributed by atoms with Crippen LogP contribution in [0, 0.1) is 0 Å². The van der Waals surface area contributed by atoms with Gasteiger partial charge in [0.2, 0.25) is 0 Å². The number of hydrogen-bond acceptors (Lipinski definition) is 4. The van der Waals surface area contributed by atoms with Crippen LogP contribution in [0.25, 0.3) is 0 Å². The molecule has 2 aromatic heterocycles. The minimum atomic E-state index is -0.0227. The van der Waals surface area contributed by atoms with Gasteiger partial charge < -0.3 is 5.32 Å². The van der Waals surface area contributed by atoms with Crippen LogP contribution in [0.2, 0.25) is 0 Å². The molecule has 1 saturated heterocycles. The Kier molecular flexibility index (Phi) is 5.21. The van der Waals surface area contributed by atoms with E-state index < -0.39 is 0 Å². The zero-order valence-corrected chi connectivity index (χ0v) is 16.0. The van der Waals surface area contributed by atoms with Crippen molar-refractivity contribution in [2.24, 2.45) is 0 Å². The Bertz CT molecular complexity index is 771. The summed E-state index contributed by atoms with van der Waals surface area (Å²) >= 11 is 0. The number of nitrogens with zero attached hydrogens (tertiary/aromatic N) is 3. The molecule has 5 heteroatoms. The van der Waals surface area contributed by atoms with E-state index in [2.05, 4.69) is 33.2 Å². The molecule has 0 unspecified atom stereocenters. The van der Waals surface area contributed by atoms with Crippen molar-refractivity contribution in [3.63, 3.8) is 0 Å². The molecule has 27 heavy (non-hydrogen) atoms. The molecule has 2 aromatic rings. The molecule has 0 spiro atoms. The lowest BCUT2D eigenvalue weighted by Crippen LogP contribution is -2.50. The number of amides is 1. The summed E-state index contributed by atoms with van der Waals surface area (Å²) in [6, 6.07) is 10.0. The fourth-order valence-electron chi connectivity index (χ4n) is 4.12. The van der Waals surface area contributed by atoms with Crippen molar-refractivity contribution < 1.29 is 4.79 Å². The van der Waals surface area contributed by atoms with Crippen molar-refractivity contribution in [1.82, 2.24) is 20.2 Å². The summed E-state index contributed by atoms with van der Waals surface area (Å²) in [5, 5.41) is 3.15. The molecule has 0 radical (unpaired) electrons. The smallest absolute Gasteiger partial charge is 0.253 e. The highest BCUT2D eigenvalue weighted by Crippen LogP contribution is 2.31. The molecule has 3 heterocycles. The molecule has 5 nitrogen and oxygen atoms in total. The largest absolute Gasteiger partial charge is 0.347 e. The van der Waals surface area contributed by atoms with E-state index in [9.17, 15) is 4.79 Å². The Balaban J connectivity index is 1.37. The van der Waals surface area contributed by atoms with Gasteiger partial charge in [0.25, 0.3) is 5.91 Å². The Morgan fingerprint density at radius 2 is 2.11 bits per heavy atom. The summed E-state index contributed by atoms with van der Waals surface area (Å²) in [4.78, 5) is 24.0. The first kappa shape index (κ1) is 18.1. The zero-order chi connectivity index (χ0) is 18.7. The molecule has 2 fully saturated rings. The number of likely N-dealkylation sites (tertiary alicyclic amines) is 1. The number of pyridine rings is 2. The average Bonchev–Trinajstić information content (AvgIpc) is 2.68. The van der Waals surface area contributed by atoms with Gasteiger partial charge in [-0.1, -0.05) is 6.07 Å². The second-order valence-electron chi connectivity index (χ2n) is 8.24. The fraction of sp³-hybridized carbons (Fsp3) is 0.500. The number of hydrogen-bond donors (Lipinski definition) is 1. The second kappa shape index (κ2) is 7.77. The van der Waals surface area contributed by atoms with Gasteiger partial charge in [0, 0.05) is 42.6 Å². The van der Waals surface area contributed by atoms with E-state index in [0.29, 0.717) is 11.5 Å². The Morgan fingerprint density at radius 3 is 2.78 bits per heavy atom. The summed E-state index contributed by atoms with van der Waals surface area (Å²) in [6.45, 7) is 5.10. The van der Waals surface area contributed by atoms with E-state index in [1.807, 2.05) is 30.5 Å². The molecule has 1 saturated carbocycles. The summed E-state index contributed by atoms with van der Waals surface area (Å²) in [7, 11) is 0. The standard InChI is InChI=1S/C22H28N4O/c1-22(10-5-11-22)25-21(27)17-8-9-20(24-14-17)18-6-4-13-26(15-18)16-19-7-2-3-12-23-19/h2-3,7-9,12,14,18H,4-6,10-11,13,15-16H2,1H3,(H,25,27)/t18-/m1/s1. The van der Waals surface area contributed by atoms with Gasteiger partial charge in [-0.2, -0.15) is 0 Å². The van der Waals surface area contributed by atoms with Crippen LogP contribution in [0.15, 0.2) is 42.7 Å². The third kappa shape index (κ3) is 4.35. The Hall–Kier alpha value is -2.27. The molecule has 1 atom stereocenters. The molecular formula is C22H28N4O. The van der Waals surface area contributed by atoms with Gasteiger partial charge in [0.1, 0.15) is 0 Å². The van der Waals surface area contributed by atoms with Crippen molar-refractivity contribution >= 4 is 5.91 Å². The lowest BCUT2D eigenvalue weighted by Gasteiger charge is -2.39. The molecule has 1 aliphatic heterocycles. The maximum atomic E-state index is 12.4.